The van der Waals surface area contributed by atoms with Crippen molar-refractivity contribution in [3.63, 3.8) is 0 Å². The van der Waals surface area contributed by atoms with E-state index in [1.165, 1.54) is 11.1 Å². The van der Waals surface area contributed by atoms with E-state index in [0.717, 1.165) is 42.6 Å². The summed E-state index contributed by atoms with van der Waals surface area (Å²) in [7, 11) is 0. The molecule has 2 aromatic carbocycles. The van der Waals surface area contributed by atoms with E-state index in [1.54, 1.807) is 0 Å². The Bertz CT molecular complexity index is 782. The van der Waals surface area contributed by atoms with Crippen LogP contribution in [0.15, 0.2) is 47.5 Å². The monoisotopic (exact) mass is 386 g/mol. The quantitative estimate of drug-likeness (QED) is 0.606. The molecule has 0 amide bonds. The minimum absolute atomic E-state index is 0.0715. The molecule has 0 spiro atoms. The molecule has 27 heavy (non-hydrogen) atoms. The van der Waals surface area contributed by atoms with Gasteiger partial charge in [-0.25, -0.2) is 0 Å². The van der Waals surface area contributed by atoms with Gasteiger partial charge in [-0.05, 0) is 48.7 Å². The van der Waals surface area contributed by atoms with Crippen LogP contribution in [0, 0.1) is 13.8 Å². The molecule has 6 heteroatoms. The number of morpholine rings is 1. The number of hydrogen-bond donors (Lipinski definition) is 2. The summed E-state index contributed by atoms with van der Waals surface area (Å²) in [5.41, 5.74) is 10.6. The standard InChI is InChI=1S/C21H27ClN4O/c1-15-11-16(2)13-17(12-15)25-21(23)24-14-20(26-7-9-27-10-8-26)18-5-3-4-6-19(18)22/h3-6,11-13,20H,7-10,14H2,1-2H3,(H3,23,24,25). The van der Waals surface area contributed by atoms with Gasteiger partial charge in [0, 0.05) is 23.8 Å². The van der Waals surface area contributed by atoms with E-state index in [0.29, 0.717) is 12.5 Å². The zero-order valence-corrected chi connectivity index (χ0v) is 16.7. The molecule has 3 N–H and O–H groups in total. The number of aliphatic imine (C=N–C) groups is 1. The van der Waals surface area contributed by atoms with Gasteiger partial charge < -0.3 is 15.8 Å². The lowest BCUT2D eigenvalue weighted by molar-refractivity contribution is 0.0180. The molecule has 144 valence electrons. The molecule has 0 bridgehead atoms. The third-order valence-corrected chi connectivity index (χ3v) is 5.02. The van der Waals surface area contributed by atoms with Crippen LogP contribution in [0.1, 0.15) is 22.7 Å². The smallest absolute Gasteiger partial charge is 0.193 e. The van der Waals surface area contributed by atoms with Crippen LogP contribution in [0.4, 0.5) is 5.69 Å². The SMILES string of the molecule is Cc1cc(C)cc(NC(N)=NCC(c2ccccc2Cl)N2CCOCC2)c1. The highest BCUT2D eigenvalue weighted by Crippen LogP contribution is 2.28. The molecule has 0 saturated carbocycles. The first-order valence-corrected chi connectivity index (χ1v) is 9.62. The largest absolute Gasteiger partial charge is 0.379 e. The predicted octanol–water partition coefficient (Wildman–Crippen LogP) is 3.76. The molecule has 0 radical (unpaired) electrons. The molecule has 1 unspecified atom stereocenters. The molecule has 1 atom stereocenters. The molecule has 0 aliphatic carbocycles. The highest BCUT2D eigenvalue weighted by atomic mass is 35.5. The predicted molar refractivity (Wildman–Crippen MR) is 113 cm³/mol. The van der Waals surface area contributed by atoms with Gasteiger partial charge in [0.2, 0.25) is 0 Å². The Morgan fingerprint density at radius 3 is 2.52 bits per heavy atom. The van der Waals surface area contributed by atoms with Crippen molar-refractivity contribution in [3.8, 4) is 0 Å². The summed E-state index contributed by atoms with van der Waals surface area (Å²) >= 11 is 6.46. The maximum atomic E-state index is 6.46. The number of nitrogens with two attached hydrogens (primary N) is 1. The first-order chi connectivity index (χ1) is 13.0. The molecule has 1 aliphatic rings. The van der Waals surface area contributed by atoms with Crippen molar-refractivity contribution < 1.29 is 4.74 Å². The lowest BCUT2D eigenvalue weighted by atomic mass is 10.0. The lowest BCUT2D eigenvalue weighted by Gasteiger charge is -2.34. The minimum Gasteiger partial charge on any atom is -0.379 e. The first-order valence-electron chi connectivity index (χ1n) is 9.24. The van der Waals surface area contributed by atoms with Crippen LogP contribution in [0.5, 0.6) is 0 Å². The van der Waals surface area contributed by atoms with Gasteiger partial charge in [-0.15, -0.1) is 0 Å². The zero-order valence-electron chi connectivity index (χ0n) is 15.9. The number of nitrogens with one attached hydrogen (secondary N) is 1. The second kappa shape index (κ2) is 9.22. The summed E-state index contributed by atoms with van der Waals surface area (Å²) in [6.07, 6.45) is 0. The van der Waals surface area contributed by atoms with E-state index < -0.39 is 0 Å². The van der Waals surface area contributed by atoms with Crippen LogP contribution < -0.4 is 11.1 Å². The fourth-order valence-electron chi connectivity index (χ4n) is 3.46. The fourth-order valence-corrected chi connectivity index (χ4v) is 3.73. The van der Waals surface area contributed by atoms with Crippen molar-refractivity contribution in [2.45, 2.75) is 19.9 Å². The third-order valence-electron chi connectivity index (χ3n) is 4.68. The van der Waals surface area contributed by atoms with Crippen molar-refractivity contribution in [2.75, 3.05) is 38.2 Å². The van der Waals surface area contributed by atoms with E-state index in [1.807, 2.05) is 18.2 Å². The summed E-state index contributed by atoms with van der Waals surface area (Å²) < 4.78 is 5.50. The summed E-state index contributed by atoms with van der Waals surface area (Å²) in [4.78, 5) is 6.97. The maximum Gasteiger partial charge on any atom is 0.193 e. The number of anilines is 1. The second-order valence-corrected chi connectivity index (χ2v) is 7.32. The molecule has 1 aliphatic heterocycles. The molecule has 1 heterocycles. The Balaban J connectivity index is 1.76. The topological polar surface area (TPSA) is 62.9 Å². The van der Waals surface area contributed by atoms with Gasteiger partial charge in [-0.1, -0.05) is 35.9 Å². The number of hydrogen-bond acceptors (Lipinski definition) is 3. The van der Waals surface area contributed by atoms with Crippen molar-refractivity contribution in [1.29, 1.82) is 0 Å². The molecule has 2 aromatic rings. The Morgan fingerprint density at radius 1 is 1.19 bits per heavy atom. The van der Waals surface area contributed by atoms with Crippen molar-refractivity contribution in [2.24, 2.45) is 10.7 Å². The van der Waals surface area contributed by atoms with Crippen molar-refractivity contribution in [1.82, 2.24) is 4.90 Å². The molecule has 5 nitrogen and oxygen atoms in total. The molecule has 3 rings (SSSR count). The number of ether oxygens (including phenoxy) is 1. The summed E-state index contributed by atoms with van der Waals surface area (Å²) in [6, 6.07) is 14.3. The van der Waals surface area contributed by atoms with Crippen molar-refractivity contribution >= 4 is 23.2 Å². The van der Waals surface area contributed by atoms with E-state index in [9.17, 15) is 0 Å². The fraction of sp³-hybridized carbons (Fsp3) is 0.381. The van der Waals surface area contributed by atoms with Crippen LogP contribution in [0.25, 0.3) is 0 Å². The Hall–Kier alpha value is -2.08. The van der Waals surface area contributed by atoms with Crippen LogP contribution in [-0.4, -0.2) is 43.7 Å². The maximum absolute atomic E-state index is 6.46. The van der Waals surface area contributed by atoms with Gasteiger partial charge in [-0.2, -0.15) is 0 Å². The molecular formula is C21H27ClN4O. The van der Waals surface area contributed by atoms with Crippen LogP contribution in [0.3, 0.4) is 0 Å². The Kier molecular flexibility index (Phi) is 6.72. The number of benzene rings is 2. The minimum atomic E-state index is 0.0715. The third kappa shape index (κ3) is 5.45. The van der Waals surface area contributed by atoms with Crippen LogP contribution in [-0.2, 0) is 4.74 Å². The van der Waals surface area contributed by atoms with Crippen LogP contribution in [0.2, 0.25) is 5.02 Å². The van der Waals surface area contributed by atoms with Gasteiger partial charge in [0.1, 0.15) is 0 Å². The normalized spacial score (nSPS) is 16.9. The summed E-state index contributed by atoms with van der Waals surface area (Å²) in [5, 5.41) is 3.95. The van der Waals surface area contributed by atoms with Gasteiger partial charge in [0.15, 0.2) is 5.96 Å². The summed E-state index contributed by atoms with van der Waals surface area (Å²) in [6.45, 7) is 7.83. The highest BCUT2D eigenvalue weighted by Gasteiger charge is 2.24. The van der Waals surface area contributed by atoms with E-state index >= 15 is 0 Å². The highest BCUT2D eigenvalue weighted by molar-refractivity contribution is 6.31. The number of aryl methyl sites for hydroxylation is 2. The molecule has 1 saturated heterocycles. The molecule has 1 fully saturated rings. The number of halogens is 1. The Morgan fingerprint density at radius 2 is 1.85 bits per heavy atom. The van der Waals surface area contributed by atoms with Gasteiger partial charge in [0.05, 0.1) is 25.8 Å². The van der Waals surface area contributed by atoms with Crippen LogP contribution >= 0.6 is 11.6 Å². The van der Waals surface area contributed by atoms with E-state index in [4.69, 9.17) is 22.1 Å². The number of rotatable bonds is 5. The van der Waals surface area contributed by atoms with E-state index in [-0.39, 0.29) is 6.04 Å². The van der Waals surface area contributed by atoms with Crippen molar-refractivity contribution in [3.05, 3.63) is 64.2 Å². The Labute approximate surface area is 166 Å². The average molecular weight is 387 g/mol. The average Bonchev–Trinajstić information content (AvgIpc) is 2.63. The zero-order chi connectivity index (χ0) is 19.2. The number of guanidine groups is 1. The summed E-state index contributed by atoms with van der Waals surface area (Å²) in [5.74, 6) is 0.408. The van der Waals surface area contributed by atoms with E-state index in [2.05, 4.69) is 53.3 Å². The molecular weight excluding hydrogens is 360 g/mol. The molecule has 0 aromatic heterocycles. The van der Waals surface area contributed by atoms with Gasteiger partial charge in [-0.3, -0.25) is 9.89 Å². The van der Waals surface area contributed by atoms with Gasteiger partial charge in [0.25, 0.3) is 0 Å². The lowest BCUT2D eigenvalue weighted by Crippen LogP contribution is -2.40. The number of nitrogens with zero attached hydrogens (tertiary/aromatic N) is 2. The second-order valence-electron chi connectivity index (χ2n) is 6.91. The first kappa shape index (κ1) is 19.7. The van der Waals surface area contributed by atoms with Gasteiger partial charge >= 0.3 is 0 Å².